The predicted molar refractivity (Wildman–Crippen MR) is 135 cm³/mol. The zero-order valence-electron chi connectivity index (χ0n) is 19.6. The molecular weight excluding hydrogens is 391 g/mol. The molecule has 0 nitrogen and oxygen atoms in total. The van der Waals surface area contributed by atoms with Gasteiger partial charge in [0, 0.05) is 16.5 Å². The highest BCUT2D eigenvalue weighted by Crippen LogP contribution is 2.38. The van der Waals surface area contributed by atoms with E-state index in [-0.39, 0.29) is 5.82 Å². The minimum atomic E-state index is -0.0314. The first kappa shape index (κ1) is 22.6. The Hall–Kier alpha value is -2.59. The summed E-state index contributed by atoms with van der Waals surface area (Å²) >= 11 is 0. The molecule has 0 N–H and O–H groups in total. The minimum Gasteiger partial charge on any atom is -0.206 e. The molecule has 0 unspecified atom stereocenters. The Kier molecular flexibility index (Phi) is 7.64. The van der Waals surface area contributed by atoms with Gasteiger partial charge in [-0.25, -0.2) is 4.39 Å². The van der Waals surface area contributed by atoms with Crippen LogP contribution in [0, 0.1) is 23.6 Å². The van der Waals surface area contributed by atoms with Crippen LogP contribution < -0.4 is 0 Å². The summed E-state index contributed by atoms with van der Waals surface area (Å²) in [5.74, 6) is 7.64. The van der Waals surface area contributed by atoms with E-state index in [2.05, 4.69) is 56.0 Å². The van der Waals surface area contributed by atoms with E-state index in [0.29, 0.717) is 5.92 Å². The van der Waals surface area contributed by atoms with Crippen molar-refractivity contribution >= 4 is 10.8 Å². The van der Waals surface area contributed by atoms with Crippen LogP contribution in [-0.4, -0.2) is 0 Å². The second-order valence-corrected chi connectivity index (χ2v) is 9.62. The van der Waals surface area contributed by atoms with E-state index in [0.717, 1.165) is 52.6 Å². The summed E-state index contributed by atoms with van der Waals surface area (Å²) in [6.45, 7) is 4.55. The van der Waals surface area contributed by atoms with Crippen LogP contribution in [0.2, 0.25) is 0 Å². The summed E-state index contributed by atoms with van der Waals surface area (Å²) in [7, 11) is 0. The minimum absolute atomic E-state index is 0.0314. The lowest BCUT2D eigenvalue weighted by Crippen LogP contribution is -2.12. The first-order valence-electron chi connectivity index (χ1n) is 12.5. The third kappa shape index (κ3) is 5.60. The van der Waals surface area contributed by atoms with Gasteiger partial charge < -0.3 is 0 Å². The van der Waals surface area contributed by atoms with Gasteiger partial charge in [-0.05, 0) is 78.3 Å². The fourth-order valence-corrected chi connectivity index (χ4v) is 4.93. The molecule has 0 radical (unpaired) electrons. The topological polar surface area (TPSA) is 0 Å². The first-order valence-corrected chi connectivity index (χ1v) is 12.5. The molecule has 0 spiro atoms. The highest BCUT2D eigenvalue weighted by atomic mass is 19.1. The summed E-state index contributed by atoms with van der Waals surface area (Å²) in [4.78, 5) is 0. The third-order valence-electron chi connectivity index (χ3n) is 7.06. The highest BCUT2D eigenvalue weighted by molar-refractivity contribution is 5.85. The Morgan fingerprint density at radius 3 is 2.28 bits per heavy atom. The standard InChI is InChI=1S/C31H35F/c1-3-4-5-6-7-24-10-12-25(13-11-24)14-15-26-16-20-30-28(22-26)19-21-29(31(30)32)27-17-8-23(2)9-18-27/h10-13,16,19-23,27H,3-9,17-18H2,1-2H3. The zero-order chi connectivity index (χ0) is 22.3. The fraction of sp³-hybridized carbons (Fsp3) is 0.419. The number of unbranched alkanes of at least 4 members (excludes halogenated alkanes) is 3. The van der Waals surface area contributed by atoms with Crippen LogP contribution in [0.15, 0.2) is 54.6 Å². The number of hydrogen-bond donors (Lipinski definition) is 0. The van der Waals surface area contributed by atoms with Gasteiger partial charge in [0.2, 0.25) is 0 Å². The smallest absolute Gasteiger partial charge is 0.134 e. The number of hydrogen-bond acceptors (Lipinski definition) is 0. The first-order chi connectivity index (χ1) is 15.6. The Labute approximate surface area is 193 Å². The molecule has 0 atom stereocenters. The molecule has 1 aliphatic carbocycles. The fourth-order valence-electron chi connectivity index (χ4n) is 4.93. The summed E-state index contributed by atoms with van der Waals surface area (Å²) in [6, 6.07) is 18.6. The quantitative estimate of drug-likeness (QED) is 0.273. The number of halogens is 1. The van der Waals surface area contributed by atoms with Crippen molar-refractivity contribution in [1.82, 2.24) is 0 Å². The molecule has 0 aromatic heterocycles. The van der Waals surface area contributed by atoms with Crippen LogP contribution >= 0.6 is 0 Å². The van der Waals surface area contributed by atoms with Gasteiger partial charge in [0.05, 0.1) is 0 Å². The Morgan fingerprint density at radius 1 is 0.812 bits per heavy atom. The zero-order valence-corrected chi connectivity index (χ0v) is 19.6. The van der Waals surface area contributed by atoms with E-state index in [1.165, 1.54) is 44.1 Å². The van der Waals surface area contributed by atoms with Crippen LogP contribution in [0.25, 0.3) is 10.8 Å². The highest BCUT2D eigenvalue weighted by Gasteiger charge is 2.23. The lowest BCUT2D eigenvalue weighted by molar-refractivity contribution is 0.343. The van der Waals surface area contributed by atoms with Crippen molar-refractivity contribution in [3.63, 3.8) is 0 Å². The van der Waals surface area contributed by atoms with Crippen molar-refractivity contribution < 1.29 is 4.39 Å². The van der Waals surface area contributed by atoms with Gasteiger partial charge in [0.1, 0.15) is 5.82 Å². The van der Waals surface area contributed by atoms with E-state index in [4.69, 9.17) is 0 Å². The average molecular weight is 427 g/mol. The molecule has 3 aromatic carbocycles. The van der Waals surface area contributed by atoms with Crippen molar-refractivity contribution in [2.24, 2.45) is 5.92 Å². The summed E-state index contributed by atoms with van der Waals surface area (Å²) in [5, 5.41) is 1.66. The second kappa shape index (κ2) is 10.8. The van der Waals surface area contributed by atoms with Crippen LogP contribution in [0.4, 0.5) is 4.39 Å². The molecule has 166 valence electrons. The summed E-state index contributed by atoms with van der Waals surface area (Å²) in [5.41, 5.74) is 4.24. The SMILES string of the molecule is CCCCCCc1ccc(C#Cc2ccc3c(F)c(C4CCC(C)CC4)ccc3c2)cc1. The Balaban J connectivity index is 1.46. The normalized spacial score (nSPS) is 18.3. The second-order valence-electron chi connectivity index (χ2n) is 9.62. The molecule has 0 amide bonds. The molecule has 4 rings (SSSR count). The van der Waals surface area contributed by atoms with Crippen molar-refractivity contribution in [3.8, 4) is 11.8 Å². The predicted octanol–water partition coefficient (Wildman–Crippen LogP) is 8.80. The number of fused-ring (bicyclic) bond motifs is 1. The largest absolute Gasteiger partial charge is 0.206 e. The molecule has 1 fully saturated rings. The lowest BCUT2D eigenvalue weighted by Gasteiger charge is -2.27. The lowest BCUT2D eigenvalue weighted by atomic mass is 9.79. The van der Waals surface area contributed by atoms with E-state index >= 15 is 4.39 Å². The van der Waals surface area contributed by atoms with Crippen LogP contribution in [0.3, 0.4) is 0 Å². The van der Waals surface area contributed by atoms with Gasteiger partial charge in [0.15, 0.2) is 0 Å². The van der Waals surface area contributed by atoms with E-state index in [9.17, 15) is 0 Å². The van der Waals surface area contributed by atoms with Gasteiger partial charge >= 0.3 is 0 Å². The number of aryl methyl sites for hydroxylation is 1. The Bertz CT molecular complexity index is 1090. The third-order valence-corrected chi connectivity index (χ3v) is 7.06. The maximum absolute atomic E-state index is 15.3. The molecule has 1 aliphatic rings. The molecule has 3 aromatic rings. The van der Waals surface area contributed by atoms with Gasteiger partial charge in [-0.3, -0.25) is 0 Å². The number of benzene rings is 3. The van der Waals surface area contributed by atoms with E-state index < -0.39 is 0 Å². The molecule has 32 heavy (non-hydrogen) atoms. The Morgan fingerprint density at radius 2 is 1.53 bits per heavy atom. The molecule has 0 saturated heterocycles. The van der Waals surface area contributed by atoms with Crippen molar-refractivity contribution in [3.05, 3.63) is 82.7 Å². The molecular formula is C31H35F. The monoisotopic (exact) mass is 426 g/mol. The van der Waals surface area contributed by atoms with Gasteiger partial charge in [-0.2, -0.15) is 0 Å². The number of rotatable bonds is 6. The summed E-state index contributed by atoms with van der Waals surface area (Å²) < 4.78 is 15.3. The molecule has 0 aliphatic heterocycles. The van der Waals surface area contributed by atoms with Gasteiger partial charge in [-0.15, -0.1) is 0 Å². The van der Waals surface area contributed by atoms with Gasteiger partial charge in [-0.1, -0.05) is 88.1 Å². The van der Waals surface area contributed by atoms with E-state index in [1.807, 2.05) is 24.3 Å². The van der Waals surface area contributed by atoms with Crippen LogP contribution in [-0.2, 0) is 6.42 Å². The maximum atomic E-state index is 15.3. The molecule has 0 bridgehead atoms. The van der Waals surface area contributed by atoms with Crippen molar-refractivity contribution in [2.75, 3.05) is 0 Å². The van der Waals surface area contributed by atoms with Crippen molar-refractivity contribution in [2.45, 2.75) is 77.6 Å². The van der Waals surface area contributed by atoms with Crippen molar-refractivity contribution in [1.29, 1.82) is 0 Å². The van der Waals surface area contributed by atoms with E-state index in [1.54, 1.807) is 0 Å². The van der Waals surface area contributed by atoms with Crippen LogP contribution in [0.1, 0.15) is 93.4 Å². The molecule has 0 heterocycles. The maximum Gasteiger partial charge on any atom is 0.134 e. The van der Waals surface area contributed by atoms with Crippen LogP contribution in [0.5, 0.6) is 0 Å². The molecule has 1 heteroatoms. The van der Waals surface area contributed by atoms with Gasteiger partial charge in [0.25, 0.3) is 0 Å². The summed E-state index contributed by atoms with van der Waals surface area (Å²) in [6.07, 6.45) is 10.9. The molecule has 1 saturated carbocycles. The average Bonchev–Trinajstić information content (AvgIpc) is 2.82.